The number of hydrazone groups is 1. The number of carbonyl (C=O) groups is 2. The summed E-state index contributed by atoms with van der Waals surface area (Å²) < 4.78 is 0. The van der Waals surface area contributed by atoms with E-state index in [1.165, 1.54) is 4.90 Å². The first kappa shape index (κ1) is 22.1. The molecule has 2 aromatic rings. The van der Waals surface area contributed by atoms with Gasteiger partial charge in [0.2, 0.25) is 0 Å². The molecule has 29 heavy (non-hydrogen) atoms. The van der Waals surface area contributed by atoms with Gasteiger partial charge in [0.15, 0.2) is 0 Å². The van der Waals surface area contributed by atoms with Crippen LogP contribution in [0.25, 0.3) is 0 Å². The van der Waals surface area contributed by atoms with Gasteiger partial charge in [-0.3, -0.25) is 9.59 Å². The van der Waals surface area contributed by atoms with E-state index in [1.807, 2.05) is 25.1 Å². The predicted octanol–water partition coefficient (Wildman–Crippen LogP) is 1.60. The highest BCUT2D eigenvalue weighted by Gasteiger charge is 2.14. The van der Waals surface area contributed by atoms with Crippen LogP contribution in [-0.2, 0) is 16.1 Å². The number of phenols is 1. The SMILES string of the molecule is CC[NH+](CC)Cc1cc(/C(C)=N/NC(=O)C(=O)Nc2ccc(C)cc2)ccc1O. The van der Waals surface area contributed by atoms with Gasteiger partial charge in [-0.05, 0) is 63.6 Å². The number of nitrogens with one attached hydrogen (secondary N) is 3. The number of aryl methyl sites for hydroxylation is 1. The van der Waals surface area contributed by atoms with Crippen LogP contribution in [0.4, 0.5) is 5.69 Å². The van der Waals surface area contributed by atoms with Gasteiger partial charge in [0.1, 0.15) is 12.3 Å². The molecule has 4 N–H and O–H groups in total. The molecule has 7 heteroatoms. The minimum absolute atomic E-state index is 0.238. The summed E-state index contributed by atoms with van der Waals surface area (Å²) in [5.74, 6) is -1.40. The second-order valence-corrected chi connectivity index (χ2v) is 6.94. The van der Waals surface area contributed by atoms with Crippen LogP contribution in [0.15, 0.2) is 47.6 Å². The van der Waals surface area contributed by atoms with E-state index < -0.39 is 11.8 Å². The van der Waals surface area contributed by atoms with Crippen molar-refractivity contribution >= 4 is 23.2 Å². The fourth-order valence-electron chi connectivity index (χ4n) is 2.80. The molecule has 2 amide bonds. The van der Waals surface area contributed by atoms with Gasteiger partial charge in [0.25, 0.3) is 0 Å². The summed E-state index contributed by atoms with van der Waals surface area (Å²) in [6.45, 7) is 10.5. The van der Waals surface area contributed by atoms with Crippen LogP contribution in [0, 0.1) is 6.92 Å². The lowest BCUT2D eigenvalue weighted by atomic mass is 10.1. The van der Waals surface area contributed by atoms with Crippen molar-refractivity contribution in [1.82, 2.24) is 5.43 Å². The second kappa shape index (κ2) is 10.4. The maximum absolute atomic E-state index is 12.0. The molecular weight excluding hydrogens is 368 g/mol. The van der Waals surface area contributed by atoms with Crippen molar-refractivity contribution in [2.24, 2.45) is 5.10 Å². The van der Waals surface area contributed by atoms with E-state index in [1.54, 1.807) is 31.2 Å². The molecular formula is C22H29N4O3+. The molecule has 0 fully saturated rings. The van der Waals surface area contributed by atoms with E-state index in [-0.39, 0.29) is 5.75 Å². The lowest BCUT2D eigenvalue weighted by molar-refractivity contribution is -0.910. The Kier molecular flexibility index (Phi) is 7.91. The van der Waals surface area contributed by atoms with Crippen LogP contribution in [0.3, 0.4) is 0 Å². The largest absolute Gasteiger partial charge is 0.507 e. The molecule has 0 saturated heterocycles. The second-order valence-electron chi connectivity index (χ2n) is 6.94. The van der Waals surface area contributed by atoms with Crippen molar-refractivity contribution in [3.8, 4) is 5.75 Å². The summed E-state index contributed by atoms with van der Waals surface area (Å²) in [6, 6.07) is 12.4. The number of hydrogen-bond acceptors (Lipinski definition) is 4. The van der Waals surface area contributed by atoms with E-state index in [2.05, 4.69) is 29.7 Å². The number of carbonyl (C=O) groups excluding carboxylic acids is 2. The number of amides is 2. The minimum Gasteiger partial charge on any atom is -0.507 e. The van der Waals surface area contributed by atoms with Crippen molar-refractivity contribution in [3.63, 3.8) is 0 Å². The van der Waals surface area contributed by atoms with Gasteiger partial charge in [0, 0.05) is 11.3 Å². The van der Waals surface area contributed by atoms with E-state index in [4.69, 9.17) is 0 Å². The Hall–Kier alpha value is -3.19. The molecule has 0 aliphatic heterocycles. The van der Waals surface area contributed by atoms with Gasteiger partial charge in [-0.2, -0.15) is 5.10 Å². The van der Waals surface area contributed by atoms with Crippen LogP contribution in [0.5, 0.6) is 5.75 Å². The number of phenolic OH excluding ortho intramolecular Hbond substituents is 1. The highest BCUT2D eigenvalue weighted by Crippen LogP contribution is 2.18. The van der Waals surface area contributed by atoms with Crippen LogP contribution < -0.4 is 15.6 Å². The van der Waals surface area contributed by atoms with Gasteiger partial charge in [0.05, 0.1) is 18.8 Å². The van der Waals surface area contributed by atoms with E-state index in [9.17, 15) is 14.7 Å². The topological polar surface area (TPSA) is 95.2 Å². The number of anilines is 1. The molecule has 7 nitrogen and oxygen atoms in total. The number of quaternary nitrogens is 1. The maximum atomic E-state index is 12.0. The molecule has 0 atom stereocenters. The average Bonchev–Trinajstić information content (AvgIpc) is 2.72. The van der Waals surface area contributed by atoms with Gasteiger partial charge in [-0.25, -0.2) is 5.43 Å². The highest BCUT2D eigenvalue weighted by atomic mass is 16.3. The normalized spacial score (nSPS) is 11.4. The summed E-state index contributed by atoms with van der Waals surface area (Å²) in [5.41, 5.74) is 6.00. The molecule has 0 spiro atoms. The highest BCUT2D eigenvalue weighted by molar-refractivity contribution is 6.39. The Balaban J connectivity index is 2.03. The third-order valence-corrected chi connectivity index (χ3v) is 4.78. The maximum Gasteiger partial charge on any atom is 0.329 e. The van der Waals surface area contributed by atoms with E-state index >= 15 is 0 Å². The Morgan fingerprint density at radius 3 is 2.31 bits per heavy atom. The summed E-state index contributed by atoms with van der Waals surface area (Å²) in [5, 5.41) is 16.7. The number of hydrogen-bond donors (Lipinski definition) is 4. The Morgan fingerprint density at radius 1 is 1.03 bits per heavy atom. The molecule has 2 aromatic carbocycles. The zero-order valence-electron chi connectivity index (χ0n) is 17.4. The van der Waals surface area contributed by atoms with Crippen LogP contribution in [0.1, 0.15) is 37.5 Å². The van der Waals surface area contributed by atoms with Crippen molar-refractivity contribution in [1.29, 1.82) is 0 Å². The van der Waals surface area contributed by atoms with Crippen molar-refractivity contribution in [3.05, 3.63) is 59.2 Å². The lowest BCUT2D eigenvalue weighted by Crippen LogP contribution is -3.10. The summed E-state index contributed by atoms with van der Waals surface area (Å²) in [7, 11) is 0. The molecule has 0 heterocycles. The third-order valence-electron chi connectivity index (χ3n) is 4.78. The summed E-state index contributed by atoms with van der Waals surface area (Å²) >= 11 is 0. The van der Waals surface area contributed by atoms with Gasteiger partial charge < -0.3 is 15.3 Å². The van der Waals surface area contributed by atoms with Gasteiger partial charge >= 0.3 is 11.8 Å². The molecule has 0 unspecified atom stereocenters. The Morgan fingerprint density at radius 2 is 1.69 bits per heavy atom. The van der Waals surface area contributed by atoms with Crippen LogP contribution in [-0.4, -0.2) is 35.7 Å². The number of rotatable bonds is 7. The van der Waals surface area contributed by atoms with Crippen LogP contribution >= 0.6 is 0 Å². The molecule has 154 valence electrons. The number of nitrogens with zero attached hydrogens (tertiary/aromatic N) is 1. The Labute approximate surface area is 171 Å². The van der Waals surface area contributed by atoms with Crippen molar-refractivity contribution < 1.29 is 19.6 Å². The number of aromatic hydroxyl groups is 1. The van der Waals surface area contributed by atoms with Gasteiger partial charge in [-0.1, -0.05) is 17.7 Å². The molecule has 2 rings (SSSR count). The van der Waals surface area contributed by atoms with E-state index in [0.717, 1.165) is 29.8 Å². The first-order chi connectivity index (χ1) is 13.8. The Bertz CT molecular complexity index is 887. The lowest BCUT2D eigenvalue weighted by Gasteiger charge is -2.16. The van der Waals surface area contributed by atoms with E-state index in [0.29, 0.717) is 17.9 Å². The fourth-order valence-corrected chi connectivity index (χ4v) is 2.80. The molecule has 0 aromatic heterocycles. The smallest absolute Gasteiger partial charge is 0.329 e. The minimum atomic E-state index is -0.850. The summed E-state index contributed by atoms with van der Waals surface area (Å²) in [4.78, 5) is 25.4. The van der Waals surface area contributed by atoms with Crippen molar-refractivity contribution in [2.45, 2.75) is 34.2 Å². The van der Waals surface area contributed by atoms with Crippen LogP contribution in [0.2, 0.25) is 0 Å². The molecule has 0 aliphatic rings. The first-order valence-electron chi connectivity index (χ1n) is 9.72. The van der Waals surface area contributed by atoms with Crippen molar-refractivity contribution in [2.75, 3.05) is 18.4 Å². The molecule has 0 aliphatic carbocycles. The third kappa shape index (κ3) is 6.43. The zero-order chi connectivity index (χ0) is 21.4. The number of benzene rings is 2. The van der Waals surface area contributed by atoms with Gasteiger partial charge in [-0.15, -0.1) is 0 Å². The monoisotopic (exact) mass is 397 g/mol. The molecule has 0 bridgehead atoms. The fraction of sp³-hybridized carbons (Fsp3) is 0.318. The quantitative estimate of drug-likeness (QED) is 0.325. The molecule has 0 radical (unpaired) electrons. The standard InChI is InChI=1S/C22H28N4O3/c1-5-26(6-2)14-18-13-17(9-12-20(18)27)16(4)24-25-22(29)21(28)23-19-10-7-15(3)8-11-19/h7-13,27H,5-6,14H2,1-4H3,(H,23,28)(H,25,29)/p+1/b24-16+. The average molecular weight is 397 g/mol. The first-order valence-corrected chi connectivity index (χ1v) is 9.72. The summed E-state index contributed by atoms with van der Waals surface area (Å²) in [6.07, 6.45) is 0. The predicted molar refractivity (Wildman–Crippen MR) is 114 cm³/mol. The molecule has 0 saturated carbocycles. The zero-order valence-corrected chi connectivity index (χ0v) is 17.4.